The molecular formula is C12H13BrFN3O2. The molecule has 0 saturated carbocycles. The van der Waals surface area contributed by atoms with E-state index >= 15 is 0 Å². The van der Waals surface area contributed by atoms with Gasteiger partial charge in [0.25, 0.3) is 5.91 Å². The van der Waals surface area contributed by atoms with E-state index in [1.807, 2.05) is 0 Å². The fourth-order valence-corrected chi connectivity index (χ4v) is 2.05. The number of halogens is 2. The Morgan fingerprint density at radius 3 is 3.00 bits per heavy atom. The zero-order valence-corrected chi connectivity index (χ0v) is 11.8. The van der Waals surface area contributed by atoms with Crippen LogP contribution in [0.25, 0.3) is 0 Å². The van der Waals surface area contributed by atoms with Crippen LogP contribution in [0.4, 0.5) is 4.39 Å². The molecule has 1 amide bonds. The van der Waals surface area contributed by atoms with Crippen molar-refractivity contribution in [2.45, 2.75) is 6.04 Å². The van der Waals surface area contributed by atoms with E-state index in [9.17, 15) is 9.18 Å². The van der Waals surface area contributed by atoms with Crippen molar-refractivity contribution in [3.63, 3.8) is 0 Å². The third-order valence-electron chi connectivity index (χ3n) is 2.62. The number of amides is 1. The normalized spacial score (nSPS) is 20.5. The van der Waals surface area contributed by atoms with Crippen LogP contribution in [0, 0.1) is 5.82 Å². The highest BCUT2D eigenvalue weighted by Gasteiger charge is 2.31. The molecule has 102 valence electrons. The molecule has 1 fully saturated rings. The van der Waals surface area contributed by atoms with Crippen LogP contribution in [0.2, 0.25) is 0 Å². The minimum absolute atomic E-state index is 0.289. The largest absolute Gasteiger partial charge is 0.383 e. The molecule has 0 spiro atoms. The first kappa shape index (κ1) is 14.0. The van der Waals surface area contributed by atoms with Gasteiger partial charge in [-0.3, -0.25) is 15.1 Å². The Bertz CT molecular complexity index is 522. The van der Waals surface area contributed by atoms with Gasteiger partial charge >= 0.3 is 0 Å². The maximum Gasteiger partial charge on any atom is 0.254 e. The second-order valence-electron chi connectivity index (χ2n) is 3.96. The van der Waals surface area contributed by atoms with Crippen molar-refractivity contribution in [3.05, 3.63) is 34.1 Å². The van der Waals surface area contributed by atoms with Gasteiger partial charge in [-0.15, -0.1) is 0 Å². The average Bonchev–Trinajstić information content (AvgIpc) is 2.71. The molecule has 19 heavy (non-hydrogen) atoms. The number of ether oxygens (including phenoxy) is 1. The zero-order valence-electron chi connectivity index (χ0n) is 10.2. The number of hydrogen-bond acceptors (Lipinski definition) is 3. The Hall–Kier alpha value is -1.47. The number of nitrogens with zero attached hydrogens (tertiary/aromatic N) is 1. The van der Waals surface area contributed by atoms with Gasteiger partial charge < -0.3 is 10.1 Å². The Morgan fingerprint density at radius 1 is 1.53 bits per heavy atom. The van der Waals surface area contributed by atoms with Gasteiger partial charge in [-0.25, -0.2) is 4.39 Å². The lowest BCUT2D eigenvalue weighted by molar-refractivity contribution is -0.120. The smallest absolute Gasteiger partial charge is 0.254 e. The summed E-state index contributed by atoms with van der Waals surface area (Å²) in [6.07, 6.45) is 0. The van der Waals surface area contributed by atoms with Crippen LogP contribution in [-0.2, 0) is 9.53 Å². The molecule has 1 atom stereocenters. The SMILES string of the molecule is COCCN=C1NC(=O)C(c2ccc(Br)cc2F)N1. The summed E-state index contributed by atoms with van der Waals surface area (Å²) in [6.45, 7) is 0.882. The maximum absolute atomic E-state index is 13.8. The van der Waals surface area contributed by atoms with Crippen LogP contribution in [0.3, 0.4) is 0 Å². The third-order valence-corrected chi connectivity index (χ3v) is 3.12. The summed E-state index contributed by atoms with van der Waals surface area (Å²) < 4.78 is 19.3. The molecule has 0 bridgehead atoms. The maximum atomic E-state index is 13.8. The van der Waals surface area contributed by atoms with Crippen molar-refractivity contribution in [2.75, 3.05) is 20.3 Å². The summed E-state index contributed by atoms with van der Waals surface area (Å²) in [6, 6.07) is 3.82. The number of carbonyl (C=O) groups is 1. The monoisotopic (exact) mass is 329 g/mol. The molecule has 1 unspecified atom stereocenters. The second kappa shape index (κ2) is 6.12. The number of rotatable bonds is 4. The zero-order chi connectivity index (χ0) is 13.8. The minimum atomic E-state index is -0.755. The van der Waals surface area contributed by atoms with E-state index in [0.717, 1.165) is 0 Å². The highest BCUT2D eigenvalue weighted by Crippen LogP contribution is 2.23. The summed E-state index contributed by atoms with van der Waals surface area (Å²) in [4.78, 5) is 15.9. The lowest BCUT2D eigenvalue weighted by Gasteiger charge is -2.09. The van der Waals surface area contributed by atoms with Crippen molar-refractivity contribution in [1.82, 2.24) is 10.6 Å². The van der Waals surface area contributed by atoms with Gasteiger partial charge in [-0.2, -0.15) is 0 Å². The third kappa shape index (κ3) is 3.30. The fraction of sp³-hybridized carbons (Fsp3) is 0.333. The number of nitrogens with one attached hydrogen (secondary N) is 2. The number of carbonyl (C=O) groups excluding carboxylic acids is 1. The molecular weight excluding hydrogens is 317 g/mol. The highest BCUT2D eigenvalue weighted by molar-refractivity contribution is 9.10. The molecule has 2 rings (SSSR count). The van der Waals surface area contributed by atoms with Gasteiger partial charge in [0, 0.05) is 17.1 Å². The van der Waals surface area contributed by atoms with Crippen molar-refractivity contribution in [2.24, 2.45) is 4.99 Å². The fourth-order valence-electron chi connectivity index (χ4n) is 1.72. The van der Waals surface area contributed by atoms with Crippen molar-refractivity contribution in [1.29, 1.82) is 0 Å². The summed E-state index contributed by atoms with van der Waals surface area (Å²) in [5, 5.41) is 5.42. The molecule has 0 aliphatic carbocycles. The average molecular weight is 330 g/mol. The van der Waals surface area contributed by atoms with Crippen LogP contribution in [-0.4, -0.2) is 32.1 Å². The number of aliphatic imine (C=N–C) groups is 1. The van der Waals surface area contributed by atoms with E-state index < -0.39 is 11.9 Å². The summed E-state index contributed by atoms with van der Waals surface area (Å²) in [5.41, 5.74) is 0.289. The van der Waals surface area contributed by atoms with E-state index in [1.54, 1.807) is 19.2 Å². The Morgan fingerprint density at radius 2 is 2.32 bits per heavy atom. The highest BCUT2D eigenvalue weighted by atomic mass is 79.9. The van der Waals surface area contributed by atoms with Crippen molar-refractivity contribution < 1.29 is 13.9 Å². The summed E-state index contributed by atoms with van der Waals surface area (Å²) in [5.74, 6) is -0.424. The van der Waals surface area contributed by atoms with E-state index in [2.05, 4.69) is 31.6 Å². The molecule has 1 saturated heterocycles. The molecule has 1 aliphatic heterocycles. The first-order valence-corrected chi connectivity index (χ1v) is 6.47. The number of methoxy groups -OCH3 is 1. The molecule has 1 aromatic rings. The van der Waals surface area contributed by atoms with E-state index in [0.29, 0.717) is 23.6 Å². The van der Waals surface area contributed by atoms with Crippen LogP contribution in [0.5, 0.6) is 0 Å². The van der Waals surface area contributed by atoms with Crippen molar-refractivity contribution in [3.8, 4) is 0 Å². The lowest BCUT2D eigenvalue weighted by atomic mass is 10.1. The number of guanidine groups is 1. The van der Waals surface area contributed by atoms with Gasteiger partial charge in [0.05, 0.1) is 13.2 Å². The molecule has 1 heterocycles. The predicted molar refractivity (Wildman–Crippen MR) is 72.3 cm³/mol. The topological polar surface area (TPSA) is 62.7 Å². The Kier molecular flexibility index (Phi) is 4.49. The van der Waals surface area contributed by atoms with Crippen LogP contribution < -0.4 is 10.6 Å². The van der Waals surface area contributed by atoms with Crippen LogP contribution in [0.15, 0.2) is 27.7 Å². The van der Waals surface area contributed by atoms with Gasteiger partial charge in [0.1, 0.15) is 11.9 Å². The summed E-state index contributed by atoms with van der Waals surface area (Å²) >= 11 is 3.18. The van der Waals surface area contributed by atoms with Gasteiger partial charge in [0.2, 0.25) is 0 Å². The minimum Gasteiger partial charge on any atom is -0.383 e. The van der Waals surface area contributed by atoms with Crippen LogP contribution >= 0.6 is 15.9 Å². The first-order valence-electron chi connectivity index (χ1n) is 5.67. The molecule has 5 nitrogen and oxygen atoms in total. The number of hydrogen-bond donors (Lipinski definition) is 2. The van der Waals surface area contributed by atoms with E-state index in [1.165, 1.54) is 6.07 Å². The molecule has 1 aromatic carbocycles. The van der Waals surface area contributed by atoms with E-state index in [-0.39, 0.29) is 11.5 Å². The van der Waals surface area contributed by atoms with Gasteiger partial charge in [-0.1, -0.05) is 22.0 Å². The first-order chi connectivity index (χ1) is 9.11. The quantitative estimate of drug-likeness (QED) is 0.820. The molecule has 2 N–H and O–H groups in total. The van der Waals surface area contributed by atoms with Crippen LogP contribution in [0.1, 0.15) is 11.6 Å². The van der Waals surface area contributed by atoms with Gasteiger partial charge in [-0.05, 0) is 12.1 Å². The Balaban J connectivity index is 2.13. The summed E-state index contributed by atoms with van der Waals surface area (Å²) in [7, 11) is 1.57. The second-order valence-corrected chi connectivity index (χ2v) is 4.87. The molecule has 0 radical (unpaired) electrons. The molecule has 0 aromatic heterocycles. The van der Waals surface area contributed by atoms with Gasteiger partial charge in [0.15, 0.2) is 5.96 Å². The molecule has 7 heteroatoms. The molecule has 1 aliphatic rings. The van der Waals surface area contributed by atoms with E-state index in [4.69, 9.17) is 4.74 Å². The Labute approximate surface area is 118 Å². The predicted octanol–water partition coefficient (Wildman–Crippen LogP) is 1.35. The standard InChI is InChI=1S/C12H13BrFN3O2/c1-19-5-4-15-12-16-10(11(18)17-12)8-3-2-7(13)6-9(8)14/h2-3,6,10H,4-5H2,1H3,(H2,15,16,17,18). The van der Waals surface area contributed by atoms with Crippen molar-refractivity contribution >= 4 is 27.8 Å². The number of benzene rings is 1. The lowest BCUT2D eigenvalue weighted by Crippen LogP contribution is -2.26.